The molecule has 5 aromatic rings. The van der Waals surface area contributed by atoms with Crippen LogP contribution in [0.25, 0.3) is 22.0 Å². The number of hydrogen-bond acceptors (Lipinski definition) is 7. The van der Waals surface area contributed by atoms with Gasteiger partial charge in [-0.3, -0.25) is 0 Å². The van der Waals surface area contributed by atoms with E-state index in [1.807, 2.05) is 73.7 Å². The van der Waals surface area contributed by atoms with Crippen LogP contribution in [0, 0.1) is 0 Å². The van der Waals surface area contributed by atoms with Gasteiger partial charge in [-0.1, -0.05) is 30.3 Å². The van der Waals surface area contributed by atoms with Crippen LogP contribution < -0.4 is 9.47 Å². The summed E-state index contributed by atoms with van der Waals surface area (Å²) in [5.41, 5.74) is 4.38. The molecule has 5 rings (SSSR count). The molecule has 8 heteroatoms. The van der Waals surface area contributed by atoms with Crippen molar-refractivity contribution in [2.75, 3.05) is 13.2 Å². The van der Waals surface area contributed by atoms with Crippen molar-refractivity contribution in [1.29, 1.82) is 0 Å². The second kappa shape index (κ2) is 11.1. The molecule has 0 unspecified atom stereocenters. The normalized spacial score (nSPS) is 11.2. The van der Waals surface area contributed by atoms with E-state index < -0.39 is 5.97 Å². The Hall–Kier alpha value is -4.43. The lowest BCUT2D eigenvalue weighted by atomic mass is 10.1. The summed E-state index contributed by atoms with van der Waals surface area (Å²) in [6.07, 6.45) is 0.579. The molecule has 0 amide bonds. The molecule has 0 fully saturated rings. The summed E-state index contributed by atoms with van der Waals surface area (Å²) in [6, 6.07) is 23.1. The smallest absolute Gasteiger partial charge is 0.392 e. The van der Waals surface area contributed by atoms with E-state index in [-0.39, 0.29) is 12.5 Å². The number of ether oxygens (including phenoxy) is 3. The third kappa shape index (κ3) is 5.87. The molecule has 0 saturated heterocycles. The monoisotopic (exact) mass is 498 g/mol. The van der Waals surface area contributed by atoms with Gasteiger partial charge in [0, 0.05) is 18.1 Å². The zero-order valence-corrected chi connectivity index (χ0v) is 20.3. The van der Waals surface area contributed by atoms with Crippen LogP contribution in [0.4, 0.5) is 0 Å². The number of benzene rings is 3. The van der Waals surface area contributed by atoms with Crippen molar-refractivity contribution in [2.45, 2.75) is 26.6 Å². The van der Waals surface area contributed by atoms with Gasteiger partial charge in [0.05, 0.1) is 17.8 Å². The number of carboxylic acids is 1. The van der Waals surface area contributed by atoms with E-state index in [2.05, 4.69) is 9.97 Å². The molecule has 8 nitrogen and oxygen atoms in total. The van der Waals surface area contributed by atoms with E-state index in [9.17, 15) is 9.90 Å². The molecule has 0 aliphatic heterocycles. The molecule has 188 valence electrons. The van der Waals surface area contributed by atoms with Crippen LogP contribution in [0.1, 0.15) is 34.4 Å². The largest absolute Gasteiger partial charge is 0.489 e. The summed E-state index contributed by atoms with van der Waals surface area (Å²) < 4.78 is 22.9. The van der Waals surface area contributed by atoms with Crippen molar-refractivity contribution >= 4 is 28.0 Å². The summed E-state index contributed by atoms with van der Waals surface area (Å²) in [4.78, 5) is 20.1. The van der Waals surface area contributed by atoms with Crippen molar-refractivity contribution in [3.8, 4) is 11.5 Å². The molecule has 2 heterocycles. The minimum Gasteiger partial charge on any atom is -0.489 e. The zero-order valence-electron chi connectivity index (χ0n) is 20.3. The fourth-order valence-electron chi connectivity index (χ4n) is 4.02. The summed E-state index contributed by atoms with van der Waals surface area (Å²) in [7, 11) is 0. The highest BCUT2D eigenvalue weighted by Gasteiger charge is 2.17. The summed E-state index contributed by atoms with van der Waals surface area (Å²) in [6.45, 7) is 3.62. The van der Waals surface area contributed by atoms with Crippen molar-refractivity contribution < 1.29 is 28.5 Å². The van der Waals surface area contributed by atoms with Crippen LogP contribution in [0.2, 0.25) is 0 Å². The predicted octanol–water partition coefficient (Wildman–Crippen LogP) is 5.81. The molecule has 0 aliphatic rings. The minimum atomic E-state index is -1.21. The number of nitrogens with zero attached hydrogens (tertiary/aromatic N) is 2. The molecular weight excluding hydrogens is 472 g/mol. The first-order valence-corrected chi connectivity index (χ1v) is 12.0. The Balaban J connectivity index is 1.27. The van der Waals surface area contributed by atoms with Crippen molar-refractivity contribution in [2.24, 2.45) is 0 Å². The van der Waals surface area contributed by atoms with Crippen LogP contribution in [0.3, 0.4) is 0 Å². The first-order valence-electron chi connectivity index (χ1n) is 12.0. The van der Waals surface area contributed by atoms with Gasteiger partial charge < -0.3 is 23.7 Å². The van der Waals surface area contributed by atoms with Crippen LogP contribution in [-0.4, -0.2) is 34.3 Å². The Morgan fingerprint density at radius 2 is 1.73 bits per heavy atom. The molecule has 0 saturated carbocycles. The summed E-state index contributed by atoms with van der Waals surface area (Å²) in [5.74, 6) is -0.234. The van der Waals surface area contributed by atoms with E-state index in [1.54, 1.807) is 6.07 Å². The maximum Gasteiger partial charge on any atom is 0.392 e. The summed E-state index contributed by atoms with van der Waals surface area (Å²) in [5, 5.41) is 10.4. The highest BCUT2D eigenvalue weighted by atomic mass is 16.5. The van der Waals surface area contributed by atoms with E-state index in [0.29, 0.717) is 48.8 Å². The Morgan fingerprint density at radius 3 is 2.54 bits per heavy atom. The lowest BCUT2D eigenvalue weighted by Gasteiger charge is -2.11. The average molecular weight is 499 g/mol. The van der Waals surface area contributed by atoms with Gasteiger partial charge in [-0.15, -0.1) is 0 Å². The molecule has 0 bridgehead atoms. The van der Waals surface area contributed by atoms with Gasteiger partial charge in [0.1, 0.15) is 30.2 Å². The van der Waals surface area contributed by atoms with Gasteiger partial charge in [0.25, 0.3) is 0 Å². The molecule has 0 aliphatic carbocycles. The molecule has 0 spiro atoms. The number of fused-ring (bicyclic) bond motifs is 2. The van der Waals surface area contributed by atoms with E-state index in [4.69, 9.17) is 18.6 Å². The predicted molar refractivity (Wildman–Crippen MR) is 138 cm³/mol. The first kappa shape index (κ1) is 24.3. The van der Waals surface area contributed by atoms with Gasteiger partial charge in [-0.05, 0) is 60.9 Å². The molecule has 3 aromatic carbocycles. The SMILES string of the molecule is CCOCCc1cc(COc2cccc(OCc3ccc4ccccc4n3)c2)cc2oc(C(=O)O)nc12. The second-order valence-electron chi connectivity index (χ2n) is 8.42. The standard InChI is InChI=1S/C29H26N2O6/c1-2-34-13-12-21-14-19(15-26-27(21)31-28(37-26)29(32)33)17-35-23-7-5-8-24(16-23)36-18-22-11-10-20-6-3-4-9-25(20)30-22/h3-11,14-16H,2,12-13,17-18H2,1H3,(H,32,33). The van der Waals surface area contributed by atoms with E-state index in [1.165, 1.54) is 0 Å². The topological polar surface area (TPSA) is 104 Å². The number of hydrogen-bond donors (Lipinski definition) is 1. The molecule has 0 radical (unpaired) electrons. The minimum absolute atomic E-state index is 0.260. The van der Waals surface area contributed by atoms with Crippen LogP contribution >= 0.6 is 0 Å². The van der Waals surface area contributed by atoms with Gasteiger partial charge in [-0.25, -0.2) is 14.8 Å². The zero-order chi connectivity index (χ0) is 25.6. The average Bonchev–Trinajstić information content (AvgIpc) is 3.36. The van der Waals surface area contributed by atoms with Crippen LogP contribution in [-0.2, 0) is 24.4 Å². The van der Waals surface area contributed by atoms with Crippen LogP contribution in [0.5, 0.6) is 11.5 Å². The lowest BCUT2D eigenvalue weighted by Crippen LogP contribution is -2.02. The Kier molecular flexibility index (Phi) is 7.28. The molecule has 2 aromatic heterocycles. The third-order valence-corrected chi connectivity index (χ3v) is 5.79. The maximum absolute atomic E-state index is 11.4. The van der Waals surface area contributed by atoms with Gasteiger partial charge in [0.2, 0.25) is 0 Å². The van der Waals surface area contributed by atoms with Crippen molar-refractivity contribution in [1.82, 2.24) is 9.97 Å². The number of aromatic carboxylic acids is 1. The molecule has 37 heavy (non-hydrogen) atoms. The highest BCUT2D eigenvalue weighted by Crippen LogP contribution is 2.26. The fourth-order valence-corrected chi connectivity index (χ4v) is 4.02. The summed E-state index contributed by atoms with van der Waals surface area (Å²) >= 11 is 0. The Bertz CT molecular complexity index is 1540. The molecular formula is C29H26N2O6. The second-order valence-corrected chi connectivity index (χ2v) is 8.42. The quantitative estimate of drug-likeness (QED) is 0.228. The highest BCUT2D eigenvalue weighted by molar-refractivity contribution is 5.88. The van der Waals surface area contributed by atoms with Gasteiger partial charge >= 0.3 is 11.9 Å². The third-order valence-electron chi connectivity index (χ3n) is 5.79. The van der Waals surface area contributed by atoms with Crippen molar-refractivity contribution in [3.05, 3.63) is 95.5 Å². The van der Waals surface area contributed by atoms with Gasteiger partial charge in [-0.2, -0.15) is 0 Å². The first-order chi connectivity index (χ1) is 18.1. The number of aromatic nitrogens is 2. The number of pyridine rings is 1. The van der Waals surface area contributed by atoms with E-state index >= 15 is 0 Å². The number of carboxylic acid groups (broad SMARTS) is 1. The van der Waals surface area contributed by atoms with Crippen LogP contribution in [0.15, 0.2) is 77.2 Å². The number of carbonyl (C=O) groups is 1. The number of rotatable bonds is 11. The number of oxazole rings is 1. The maximum atomic E-state index is 11.4. The molecule has 0 atom stereocenters. The van der Waals surface area contributed by atoms with Crippen molar-refractivity contribution in [3.63, 3.8) is 0 Å². The Labute approximate surface area is 213 Å². The number of para-hydroxylation sites is 1. The fraction of sp³-hybridized carbons (Fsp3) is 0.207. The Morgan fingerprint density at radius 1 is 0.919 bits per heavy atom. The van der Waals surface area contributed by atoms with Gasteiger partial charge in [0.15, 0.2) is 5.58 Å². The lowest BCUT2D eigenvalue weighted by molar-refractivity contribution is 0.0656. The van der Waals surface area contributed by atoms with E-state index in [0.717, 1.165) is 27.7 Å². The molecule has 1 N–H and O–H groups in total.